The van der Waals surface area contributed by atoms with Crippen LogP contribution in [0.25, 0.3) is 0 Å². The first-order valence-corrected chi connectivity index (χ1v) is 6.98. The molecule has 6 heteroatoms. The molecule has 0 saturated carbocycles. The van der Waals surface area contributed by atoms with Crippen LogP contribution in [0.4, 0.5) is 0 Å². The lowest BCUT2D eigenvalue weighted by molar-refractivity contribution is -0.137. The van der Waals surface area contributed by atoms with Crippen molar-refractivity contribution in [2.24, 2.45) is 0 Å². The molecule has 6 nitrogen and oxygen atoms in total. The topological polar surface area (TPSA) is 65.1 Å². The number of benzene rings is 1. The standard InChI is InChI=1S/C16H17NO5/c1-9-15(16(19)20-3)11(7-14(18)17(9)2)10-4-5-12-13(6-10)22-8-21-12/h4-6,11H,7-8H2,1-3H3. The maximum absolute atomic E-state index is 12.2. The predicted octanol–water partition coefficient (Wildman–Crippen LogP) is 1.81. The molecule has 1 unspecified atom stereocenters. The fourth-order valence-corrected chi connectivity index (χ4v) is 2.85. The average molecular weight is 303 g/mol. The monoisotopic (exact) mass is 303 g/mol. The van der Waals surface area contributed by atoms with E-state index >= 15 is 0 Å². The van der Waals surface area contributed by atoms with Gasteiger partial charge < -0.3 is 19.1 Å². The lowest BCUT2D eigenvalue weighted by Crippen LogP contribution is -2.35. The third-order valence-corrected chi connectivity index (χ3v) is 4.20. The summed E-state index contributed by atoms with van der Waals surface area (Å²) in [7, 11) is 3.01. The van der Waals surface area contributed by atoms with Gasteiger partial charge in [-0.3, -0.25) is 4.79 Å². The van der Waals surface area contributed by atoms with E-state index in [0.717, 1.165) is 5.56 Å². The van der Waals surface area contributed by atoms with Gasteiger partial charge >= 0.3 is 5.97 Å². The van der Waals surface area contributed by atoms with E-state index in [-0.39, 0.29) is 25.0 Å². The molecule has 2 aliphatic heterocycles. The first-order chi connectivity index (χ1) is 10.5. The summed E-state index contributed by atoms with van der Waals surface area (Å²) in [6, 6.07) is 5.47. The van der Waals surface area contributed by atoms with Crippen LogP contribution in [0.1, 0.15) is 24.8 Å². The van der Waals surface area contributed by atoms with Crippen LogP contribution in [0.2, 0.25) is 0 Å². The number of allylic oxidation sites excluding steroid dienone is 1. The van der Waals surface area contributed by atoms with E-state index in [0.29, 0.717) is 22.8 Å². The number of carbonyl (C=O) groups is 2. The Morgan fingerprint density at radius 2 is 2.05 bits per heavy atom. The first-order valence-electron chi connectivity index (χ1n) is 6.98. The lowest BCUT2D eigenvalue weighted by atomic mass is 9.84. The fourth-order valence-electron chi connectivity index (χ4n) is 2.85. The van der Waals surface area contributed by atoms with E-state index in [1.54, 1.807) is 20.0 Å². The maximum Gasteiger partial charge on any atom is 0.336 e. The highest BCUT2D eigenvalue weighted by molar-refractivity contribution is 5.95. The number of fused-ring (bicyclic) bond motifs is 1. The van der Waals surface area contributed by atoms with Gasteiger partial charge in [-0.2, -0.15) is 0 Å². The normalized spacial score (nSPS) is 20.4. The zero-order chi connectivity index (χ0) is 15.9. The highest BCUT2D eigenvalue weighted by Gasteiger charge is 2.35. The highest BCUT2D eigenvalue weighted by atomic mass is 16.7. The predicted molar refractivity (Wildman–Crippen MR) is 77.4 cm³/mol. The number of hydrogen-bond acceptors (Lipinski definition) is 5. The van der Waals surface area contributed by atoms with E-state index in [4.69, 9.17) is 14.2 Å². The number of hydrogen-bond donors (Lipinski definition) is 0. The van der Waals surface area contributed by atoms with Crippen LogP contribution in [0.3, 0.4) is 0 Å². The Bertz CT molecular complexity index is 679. The molecule has 2 heterocycles. The fraction of sp³-hybridized carbons (Fsp3) is 0.375. The molecule has 2 aliphatic rings. The number of nitrogens with zero attached hydrogens (tertiary/aromatic N) is 1. The Morgan fingerprint density at radius 3 is 2.77 bits per heavy atom. The van der Waals surface area contributed by atoms with Gasteiger partial charge in [0.1, 0.15) is 0 Å². The Labute approximate surface area is 128 Å². The van der Waals surface area contributed by atoms with Crippen LogP contribution in [0.15, 0.2) is 29.5 Å². The van der Waals surface area contributed by atoms with Gasteiger partial charge in [-0.1, -0.05) is 6.07 Å². The van der Waals surface area contributed by atoms with E-state index in [9.17, 15) is 9.59 Å². The van der Waals surface area contributed by atoms with E-state index in [2.05, 4.69) is 0 Å². The lowest BCUT2D eigenvalue weighted by Gasteiger charge is -2.31. The van der Waals surface area contributed by atoms with E-state index < -0.39 is 5.97 Å². The van der Waals surface area contributed by atoms with Crippen molar-refractivity contribution >= 4 is 11.9 Å². The highest BCUT2D eigenvalue weighted by Crippen LogP contribution is 2.40. The van der Waals surface area contributed by atoms with Crippen LogP contribution >= 0.6 is 0 Å². The van der Waals surface area contributed by atoms with Crippen LogP contribution in [-0.2, 0) is 14.3 Å². The molecule has 0 N–H and O–H groups in total. The van der Waals surface area contributed by atoms with Gasteiger partial charge in [0.15, 0.2) is 11.5 Å². The molecule has 22 heavy (non-hydrogen) atoms. The number of ether oxygens (including phenoxy) is 3. The van der Waals surface area contributed by atoms with Gasteiger partial charge in [0.2, 0.25) is 12.7 Å². The summed E-state index contributed by atoms with van der Waals surface area (Å²) in [4.78, 5) is 25.8. The smallest absolute Gasteiger partial charge is 0.336 e. The van der Waals surface area contributed by atoms with Gasteiger partial charge in [0.05, 0.1) is 12.7 Å². The summed E-state index contributed by atoms with van der Waals surface area (Å²) in [5, 5.41) is 0. The summed E-state index contributed by atoms with van der Waals surface area (Å²) >= 11 is 0. The number of methoxy groups -OCH3 is 1. The molecule has 0 saturated heterocycles. The number of carbonyl (C=O) groups excluding carboxylic acids is 2. The van der Waals surface area contributed by atoms with Crippen molar-refractivity contribution in [2.75, 3.05) is 21.0 Å². The van der Waals surface area contributed by atoms with Crippen molar-refractivity contribution < 1.29 is 23.8 Å². The number of rotatable bonds is 2. The van der Waals surface area contributed by atoms with Crippen molar-refractivity contribution in [3.8, 4) is 11.5 Å². The summed E-state index contributed by atoms with van der Waals surface area (Å²) in [6.07, 6.45) is 0.220. The third kappa shape index (κ3) is 2.20. The molecule has 3 rings (SSSR count). The third-order valence-electron chi connectivity index (χ3n) is 4.20. The second-order valence-electron chi connectivity index (χ2n) is 5.31. The Balaban J connectivity index is 2.07. The van der Waals surface area contributed by atoms with Gasteiger partial charge in [0.25, 0.3) is 0 Å². The largest absolute Gasteiger partial charge is 0.466 e. The molecule has 1 aromatic rings. The molecular weight excluding hydrogens is 286 g/mol. The quantitative estimate of drug-likeness (QED) is 0.780. The summed E-state index contributed by atoms with van der Waals surface area (Å²) in [5.41, 5.74) is 1.96. The molecule has 1 amide bonds. The van der Waals surface area contributed by atoms with Crippen LogP contribution in [0.5, 0.6) is 11.5 Å². The first kappa shape index (κ1) is 14.4. The van der Waals surface area contributed by atoms with Crippen molar-refractivity contribution in [3.63, 3.8) is 0 Å². The van der Waals surface area contributed by atoms with Gasteiger partial charge in [0, 0.05) is 25.1 Å². The van der Waals surface area contributed by atoms with Crippen LogP contribution in [-0.4, -0.2) is 37.7 Å². The van der Waals surface area contributed by atoms with Gasteiger partial charge in [-0.05, 0) is 24.6 Å². The summed E-state index contributed by atoms with van der Waals surface area (Å²) in [6.45, 7) is 1.94. The molecule has 1 aromatic carbocycles. The average Bonchev–Trinajstić information content (AvgIpc) is 2.99. The minimum absolute atomic E-state index is 0.0344. The second-order valence-corrected chi connectivity index (χ2v) is 5.31. The molecule has 0 bridgehead atoms. The van der Waals surface area contributed by atoms with Crippen molar-refractivity contribution in [2.45, 2.75) is 19.3 Å². The second kappa shape index (κ2) is 5.36. The SMILES string of the molecule is COC(=O)C1=C(C)N(C)C(=O)CC1c1ccc2c(c1)OCO2. The molecule has 0 aromatic heterocycles. The summed E-state index contributed by atoms with van der Waals surface area (Å²) < 4.78 is 15.6. The number of esters is 1. The Kier molecular flexibility index (Phi) is 3.52. The Hall–Kier alpha value is -2.50. The zero-order valence-corrected chi connectivity index (χ0v) is 12.7. The Morgan fingerprint density at radius 1 is 1.32 bits per heavy atom. The minimum atomic E-state index is -0.417. The molecular formula is C16H17NO5. The zero-order valence-electron chi connectivity index (χ0n) is 12.7. The van der Waals surface area contributed by atoms with E-state index in [1.165, 1.54) is 12.0 Å². The van der Waals surface area contributed by atoms with Crippen molar-refractivity contribution in [3.05, 3.63) is 35.0 Å². The molecule has 0 spiro atoms. The number of amides is 1. The maximum atomic E-state index is 12.2. The molecule has 0 fully saturated rings. The van der Waals surface area contributed by atoms with Gasteiger partial charge in [-0.25, -0.2) is 4.79 Å². The van der Waals surface area contributed by atoms with E-state index in [1.807, 2.05) is 12.1 Å². The van der Waals surface area contributed by atoms with Crippen molar-refractivity contribution in [1.29, 1.82) is 0 Å². The molecule has 0 aliphatic carbocycles. The van der Waals surface area contributed by atoms with Crippen LogP contribution in [0, 0.1) is 0 Å². The van der Waals surface area contributed by atoms with Crippen molar-refractivity contribution in [1.82, 2.24) is 4.90 Å². The molecule has 1 atom stereocenters. The summed E-state index contributed by atoms with van der Waals surface area (Å²) in [5.74, 6) is 0.507. The van der Waals surface area contributed by atoms with Crippen LogP contribution < -0.4 is 9.47 Å². The molecule has 0 radical (unpaired) electrons. The minimum Gasteiger partial charge on any atom is -0.466 e. The molecule has 116 valence electrons. The van der Waals surface area contributed by atoms with Gasteiger partial charge in [-0.15, -0.1) is 0 Å².